The third-order valence-electron chi connectivity index (χ3n) is 10.4. The Bertz CT molecular complexity index is 1040. The number of allylic oxidation sites excluding steroid dienone is 2. The predicted octanol–water partition coefficient (Wildman–Crippen LogP) is 7.89. The first kappa shape index (κ1) is 52.6. The molecule has 6 N–H and O–H groups in total. The van der Waals surface area contributed by atoms with E-state index in [1.54, 1.807) is 0 Å². The van der Waals surface area contributed by atoms with Crippen molar-refractivity contribution in [3.63, 3.8) is 0 Å². The molecule has 14 heteroatoms. The first-order chi connectivity index (χ1) is 26.9. The van der Waals surface area contributed by atoms with Crippen LogP contribution in [-0.4, -0.2) is 98.3 Å². The summed E-state index contributed by atoms with van der Waals surface area (Å²) in [5.41, 5.74) is 0. The summed E-state index contributed by atoms with van der Waals surface area (Å²) in [6.45, 7) is 3.27. The van der Waals surface area contributed by atoms with Gasteiger partial charge in [0.1, 0.15) is 43.2 Å². The van der Waals surface area contributed by atoms with Gasteiger partial charge in [-0.1, -0.05) is 148 Å². The monoisotopic (exact) mass is 823 g/mol. The molecule has 1 aliphatic rings. The van der Waals surface area contributed by atoms with E-state index >= 15 is 0 Å². The molecule has 0 aromatic carbocycles. The maximum absolute atomic E-state index is 12.8. The molecule has 0 aromatic heterocycles. The van der Waals surface area contributed by atoms with E-state index in [2.05, 4.69) is 26.0 Å². The molecular formula is C42H79O13P. The van der Waals surface area contributed by atoms with Crippen molar-refractivity contribution in [1.29, 1.82) is 0 Å². The topological polar surface area (TPSA) is 210 Å². The molecule has 13 nitrogen and oxygen atoms in total. The number of hydrogen-bond acceptors (Lipinski definition) is 12. The molecule has 0 aliphatic heterocycles. The fourth-order valence-corrected chi connectivity index (χ4v) is 7.73. The first-order valence-corrected chi connectivity index (χ1v) is 23.5. The van der Waals surface area contributed by atoms with Crippen molar-refractivity contribution in [2.45, 2.75) is 230 Å². The van der Waals surface area contributed by atoms with Crippen LogP contribution in [0.1, 0.15) is 187 Å². The van der Waals surface area contributed by atoms with Crippen LogP contribution in [0.3, 0.4) is 0 Å². The van der Waals surface area contributed by atoms with E-state index in [1.807, 2.05) is 0 Å². The van der Waals surface area contributed by atoms with Gasteiger partial charge in [-0.25, -0.2) is 4.57 Å². The molecule has 0 heterocycles. The van der Waals surface area contributed by atoms with Crippen molar-refractivity contribution in [3.8, 4) is 0 Å². The van der Waals surface area contributed by atoms with E-state index in [0.717, 1.165) is 64.2 Å². The second kappa shape index (κ2) is 33.4. The van der Waals surface area contributed by atoms with Crippen LogP contribution < -0.4 is 0 Å². The van der Waals surface area contributed by atoms with E-state index < -0.39 is 75.7 Å². The molecule has 1 fully saturated rings. The number of carbonyl (C=O) groups excluding carboxylic acids is 2. The fraction of sp³-hybridized carbons (Fsp3) is 0.905. The van der Waals surface area contributed by atoms with Crippen molar-refractivity contribution in [2.75, 3.05) is 13.2 Å². The van der Waals surface area contributed by atoms with Crippen LogP contribution in [0.5, 0.6) is 0 Å². The Morgan fingerprint density at radius 1 is 0.536 bits per heavy atom. The maximum Gasteiger partial charge on any atom is 0.472 e. The molecule has 1 saturated carbocycles. The minimum Gasteiger partial charge on any atom is -0.462 e. The minimum atomic E-state index is -5.11. The molecule has 1 rings (SSSR count). The largest absolute Gasteiger partial charge is 0.472 e. The van der Waals surface area contributed by atoms with Gasteiger partial charge < -0.3 is 39.9 Å². The molecule has 1 aliphatic carbocycles. The van der Waals surface area contributed by atoms with Gasteiger partial charge in [-0.15, -0.1) is 0 Å². The van der Waals surface area contributed by atoms with Crippen LogP contribution in [0, 0.1) is 0 Å². The summed E-state index contributed by atoms with van der Waals surface area (Å²) < 4.78 is 33.4. The third kappa shape index (κ3) is 25.8. The highest BCUT2D eigenvalue weighted by atomic mass is 31.2. The molecule has 0 spiro atoms. The zero-order valence-electron chi connectivity index (χ0n) is 34.7. The highest BCUT2D eigenvalue weighted by molar-refractivity contribution is 7.47. The summed E-state index contributed by atoms with van der Waals surface area (Å²) in [4.78, 5) is 35.6. The van der Waals surface area contributed by atoms with Gasteiger partial charge in [-0.2, -0.15) is 0 Å². The lowest BCUT2D eigenvalue weighted by molar-refractivity contribution is -0.220. The summed E-state index contributed by atoms with van der Waals surface area (Å²) in [6, 6.07) is 0. The molecule has 6 unspecified atom stereocenters. The first-order valence-electron chi connectivity index (χ1n) is 22.0. The lowest BCUT2D eigenvalue weighted by Crippen LogP contribution is -2.64. The van der Waals surface area contributed by atoms with Gasteiger partial charge in [0, 0.05) is 12.8 Å². The van der Waals surface area contributed by atoms with Crippen LogP contribution in [0.15, 0.2) is 12.2 Å². The Labute approximate surface area is 337 Å². The number of hydrogen-bond donors (Lipinski definition) is 6. The molecule has 0 amide bonds. The number of carbonyl (C=O) groups is 2. The highest BCUT2D eigenvalue weighted by Gasteiger charge is 2.51. The van der Waals surface area contributed by atoms with Crippen molar-refractivity contribution < 1.29 is 63.1 Å². The van der Waals surface area contributed by atoms with Crippen LogP contribution in [0.25, 0.3) is 0 Å². The van der Waals surface area contributed by atoms with Gasteiger partial charge >= 0.3 is 19.8 Å². The van der Waals surface area contributed by atoms with Crippen LogP contribution in [0.4, 0.5) is 0 Å². The Morgan fingerprint density at radius 3 is 1.36 bits per heavy atom. The molecule has 8 atom stereocenters. The lowest BCUT2D eigenvalue weighted by Gasteiger charge is -2.41. The number of phosphoric acid groups is 1. The predicted molar refractivity (Wildman–Crippen MR) is 217 cm³/mol. The van der Waals surface area contributed by atoms with E-state index in [0.29, 0.717) is 12.8 Å². The average molecular weight is 823 g/mol. The Hall–Kier alpha value is -1.41. The SMILES string of the molecule is CCCCCCCCC/C=C\CCCCCCCC(=O)OC[C@H](COP(=O)(O)OC1C(O)C(O)C(O)[C@@H](O)C1O)OC(=O)CCCCCCCCCCCCC. The van der Waals surface area contributed by atoms with Gasteiger partial charge in [0.15, 0.2) is 6.10 Å². The number of rotatable bonds is 36. The summed E-state index contributed by atoms with van der Waals surface area (Å²) >= 11 is 0. The normalized spacial score (nSPS) is 22.9. The Balaban J connectivity index is 2.47. The zero-order chi connectivity index (χ0) is 41.4. The van der Waals surface area contributed by atoms with E-state index in [4.69, 9.17) is 18.5 Å². The summed E-state index contributed by atoms with van der Waals surface area (Å²) in [6.07, 6.45) is 19.9. The van der Waals surface area contributed by atoms with E-state index in [1.165, 1.54) is 83.5 Å². The summed E-state index contributed by atoms with van der Waals surface area (Å²) in [7, 11) is -5.11. The zero-order valence-corrected chi connectivity index (χ0v) is 35.6. The minimum absolute atomic E-state index is 0.0995. The molecular weight excluding hydrogens is 743 g/mol. The second-order valence-corrected chi connectivity index (χ2v) is 17.0. The summed E-state index contributed by atoms with van der Waals surface area (Å²) in [5.74, 6) is -1.10. The van der Waals surface area contributed by atoms with Crippen molar-refractivity contribution in [1.82, 2.24) is 0 Å². The second-order valence-electron chi connectivity index (χ2n) is 15.6. The standard InChI is InChI=1S/C42H79O13P/c1-3-5-7-9-11-13-15-16-17-18-19-21-22-24-26-28-30-35(43)52-32-34(54-36(44)31-29-27-25-23-20-14-12-10-8-6-4-2)33-53-56(50,51)55-42-40(48)38(46)37(45)39(47)41(42)49/h17-18,34,37-42,45-49H,3-16,19-33H2,1-2H3,(H,50,51)/b18-17-/t34-,37?,38-,39?,40?,41?,42?/m1/s1. The van der Waals surface area contributed by atoms with Gasteiger partial charge in [-0.05, 0) is 38.5 Å². The average Bonchev–Trinajstić information content (AvgIpc) is 3.18. The van der Waals surface area contributed by atoms with Crippen LogP contribution in [0.2, 0.25) is 0 Å². The number of ether oxygens (including phenoxy) is 2. The van der Waals surface area contributed by atoms with Gasteiger partial charge in [0.2, 0.25) is 0 Å². The van der Waals surface area contributed by atoms with E-state index in [9.17, 15) is 44.6 Å². The van der Waals surface area contributed by atoms with Gasteiger partial charge in [-0.3, -0.25) is 18.6 Å². The molecule has 0 radical (unpaired) electrons. The molecule has 0 bridgehead atoms. The Morgan fingerprint density at radius 2 is 0.911 bits per heavy atom. The molecule has 0 aromatic rings. The number of aliphatic hydroxyl groups is 5. The quantitative estimate of drug-likeness (QED) is 0.0154. The molecule has 330 valence electrons. The van der Waals surface area contributed by atoms with Crippen LogP contribution in [-0.2, 0) is 32.7 Å². The maximum atomic E-state index is 12.8. The number of aliphatic hydroxyl groups excluding tert-OH is 5. The van der Waals surface area contributed by atoms with Gasteiger partial charge in [0.05, 0.1) is 6.61 Å². The number of unbranched alkanes of at least 4 members (excludes halogenated alkanes) is 22. The van der Waals surface area contributed by atoms with Crippen LogP contribution >= 0.6 is 7.82 Å². The van der Waals surface area contributed by atoms with Crippen molar-refractivity contribution in [2.24, 2.45) is 0 Å². The number of esters is 2. The van der Waals surface area contributed by atoms with Crippen molar-refractivity contribution in [3.05, 3.63) is 12.2 Å². The smallest absolute Gasteiger partial charge is 0.462 e. The van der Waals surface area contributed by atoms with E-state index in [-0.39, 0.29) is 12.8 Å². The third-order valence-corrected chi connectivity index (χ3v) is 11.3. The van der Waals surface area contributed by atoms with Gasteiger partial charge in [0.25, 0.3) is 0 Å². The fourth-order valence-electron chi connectivity index (χ4n) is 6.75. The lowest BCUT2D eigenvalue weighted by atomic mass is 9.85. The Kier molecular flexibility index (Phi) is 31.4. The molecule has 0 saturated heterocycles. The highest BCUT2D eigenvalue weighted by Crippen LogP contribution is 2.47. The summed E-state index contributed by atoms with van der Waals surface area (Å²) in [5, 5.41) is 50.0. The number of phosphoric ester groups is 1. The van der Waals surface area contributed by atoms with Crippen molar-refractivity contribution >= 4 is 19.8 Å². The molecule has 56 heavy (non-hydrogen) atoms.